The molecule has 0 heterocycles. The molecule has 0 amide bonds. The number of phenolic OH excluding ortho intramolecular Hbond substituents is 2. The molecule has 82 valence electrons. The van der Waals surface area contributed by atoms with Crippen molar-refractivity contribution in [3.63, 3.8) is 0 Å². The third-order valence-electron chi connectivity index (χ3n) is 2.02. The van der Waals surface area contributed by atoms with Crippen molar-refractivity contribution in [1.29, 1.82) is 0 Å². The first-order valence-electron chi connectivity index (χ1n) is 4.62. The number of aromatic hydroxyl groups is 2. The van der Waals surface area contributed by atoms with Crippen LogP contribution in [0, 0.1) is 0 Å². The summed E-state index contributed by atoms with van der Waals surface area (Å²) in [6, 6.07) is 11.5. The molecule has 0 spiro atoms. The Labute approximate surface area is 101 Å². The number of rotatable bonds is 2. The second-order valence-corrected chi connectivity index (χ2v) is 4.01. The van der Waals surface area contributed by atoms with Gasteiger partial charge in [-0.1, -0.05) is 18.2 Å². The topological polar surface area (TPSA) is 49.7 Å². The van der Waals surface area contributed by atoms with E-state index in [0.29, 0.717) is 10.2 Å². The van der Waals surface area contributed by atoms with E-state index in [1.807, 2.05) is 0 Å². The second kappa shape index (κ2) is 4.45. The molecule has 3 nitrogen and oxygen atoms in total. The normalized spacial score (nSPS) is 10.1. The highest BCUT2D eigenvalue weighted by atomic mass is 79.9. The average molecular weight is 281 g/mol. The minimum atomic E-state index is 0.0117. The lowest BCUT2D eigenvalue weighted by Crippen LogP contribution is -1.86. The Kier molecular flexibility index (Phi) is 3.01. The summed E-state index contributed by atoms with van der Waals surface area (Å²) in [6.45, 7) is 0. The van der Waals surface area contributed by atoms with Gasteiger partial charge in [0.2, 0.25) is 0 Å². The molecular formula is C12H9BrO3. The lowest BCUT2D eigenvalue weighted by molar-refractivity contribution is 0.383. The SMILES string of the molecule is Oc1ccccc1Oc1c(O)cccc1Br. The van der Waals surface area contributed by atoms with Crippen LogP contribution in [0.25, 0.3) is 0 Å². The van der Waals surface area contributed by atoms with Crippen LogP contribution in [-0.2, 0) is 0 Å². The first-order chi connectivity index (χ1) is 7.68. The van der Waals surface area contributed by atoms with E-state index in [4.69, 9.17) is 4.74 Å². The largest absolute Gasteiger partial charge is 0.504 e. The lowest BCUT2D eigenvalue weighted by Gasteiger charge is -2.10. The van der Waals surface area contributed by atoms with Crippen molar-refractivity contribution >= 4 is 15.9 Å². The van der Waals surface area contributed by atoms with Crippen LogP contribution in [0.15, 0.2) is 46.9 Å². The van der Waals surface area contributed by atoms with Gasteiger partial charge in [-0.3, -0.25) is 0 Å². The summed E-state index contributed by atoms with van der Waals surface area (Å²) in [7, 11) is 0. The zero-order valence-corrected chi connectivity index (χ0v) is 9.81. The third-order valence-corrected chi connectivity index (χ3v) is 2.65. The maximum Gasteiger partial charge on any atom is 0.183 e. The van der Waals surface area contributed by atoms with Gasteiger partial charge < -0.3 is 14.9 Å². The quantitative estimate of drug-likeness (QED) is 0.883. The summed E-state index contributed by atoms with van der Waals surface area (Å²) in [5, 5.41) is 19.1. The second-order valence-electron chi connectivity index (χ2n) is 3.16. The van der Waals surface area contributed by atoms with E-state index in [0.717, 1.165) is 0 Å². The van der Waals surface area contributed by atoms with Gasteiger partial charge in [0, 0.05) is 0 Å². The van der Waals surface area contributed by atoms with Gasteiger partial charge in [-0.05, 0) is 40.2 Å². The summed E-state index contributed by atoms with van der Waals surface area (Å²) in [5.74, 6) is 0.615. The molecule has 0 fully saturated rings. The number of hydrogen-bond donors (Lipinski definition) is 2. The van der Waals surface area contributed by atoms with Crippen LogP contribution in [0.2, 0.25) is 0 Å². The molecule has 2 N–H and O–H groups in total. The zero-order valence-electron chi connectivity index (χ0n) is 8.22. The number of halogens is 1. The molecule has 0 atom stereocenters. The molecule has 0 bridgehead atoms. The number of benzene rings is 2. The van der Waals surface area contributed by atoms with Gasteiger partial charge in [0.05, 0.1) is 4.47 Å². The first kappa shape index (κ1) is 10.8. The van der Waals surface area contributed by atoms with Crippen LogP contribution < -0.4 is 4.74 Å². The van der Waals surface area contributed by atoms with E-state index in [1.54, 1.807) is 30.3 Å². The van der Waals surface area contributed by atoms with E-state index in [9.17, 15) is 10.2 Å². The number of para-hydroxylation sites is 3. The molecule has 0 aliphatic rings. The highest BCUT2D eigenvalue weighted by molar-refractivity contribution is 9.10. The van der Waals surface area contributed by atoms with E-state index in [1.165, 1.54) is 12.1 Å². The van der Waals surface area contributed by atoms with Crippen molar-refractivity contribution in [1.82, 2.24) is 0 Å². The van der Waals surface area contributed by atoms with Crippen LogP contribution >= 0.6 is 15.9 Å². The highest BCUT2D eigenvalue weighted by Crippen LogP contribution is 2.39. The summed E-state index contributed by atoms with van der Waals surface area (Å²) < 4.78 is 6.04. The minimum Gasteiger partial charge on any atom is -0.504 e. The van der Waals surface area contributed by atoms with E-state index in [2.05, 4.69) is 15.9 Å². The number of hydrogen-bond acceptors (Lipinski definition) is 3. The molecule has 2 aromatic rings. The van der Waals surface area contributed by atoms with Gasteiger partial charge >= 0.3 is 0 Å². The van der Waals surface area contributed by atoms with Crippen LogP contribution in [0.3, 0.4) is 0 Å². The molecule has 0 aliphatic heterocycles. The first-order valence-corrected chi connectivity index (χ1v) is 5.41. The van der Waals surface area contributed by atoms with Gasteiger partial charge in [0.25, 0.3) is 0 Å². The predicted octanol–water partition coefficient (Wildman–Crippen LogP) is 3.65. The van der Waals surface area contributed by atoms with Crippen LogP contribution in [-0.4, -0.2) is 10.2 Å². The van der Waals surface area contributed by atoms with Crippen molar-refractivity contribution in [3.8, 4) is 23.0 Å². The molecular weight excluding hydrogens is 272 g/mol. The molecule has 2 rings (SSSR count). The molecule has 4 heteroatoms. The summed E-state index contributed by atoms with van der Waals surface area (Å²) in [5.41, 5.74) is 0. The Hall–Kier alpha value is -1.68. The molecule has 0 saturated heterocycles. The molecule has 2 aromatic carbocycles. The predicted molar refractivity (Wildman–Crippen MR) is 64.0 cm³/mol. The Morgan fingerprint density at radius 2 is 1.56 bits per heavy atom. The molecule has 0 radical (unpaired) electrons. The van der Waals surface area contributed by atoms with Crippen molar-refractivity contribution in [2.75, 3.05) is 0 Å². The van der Waals surface area contributed by atoms with Gasteiger partial charge in [0.1, 0.15) is 0 Å². The average Bonchev–Trinajstić information content (AvgIpc) is 2.26. The molecule has 0 aromatic heterocycles. The fraction of sp³-hybridized carbons (Fsp3) is 0. The maximum absolute atomic E-state index is 9.61. The van der Waals surface area contributed by atoms with Crippen LogP contribution in [0.4, 0.5) is 0 Å². The van der Waals surface area contributed by atoms with Crippen LogP contribution in [0.1, 0.15) is 0 Å². The Bertz CT molecular complexity index is 491. The fourth-order valence-corrected chi connectivity index (χ4v) is 1.69. The Morgan fingerprint density at radius 3 is 2.25 bits per heavy atom. The fourth-order valence-electron chi connectivity index (χ4n) is 1.25. The monoisotopic (exact) mass is 280 g/mol. The molecule has 16 heavy (non-hydrogen) atoms. The van der Waals surface area contributed by atoms with Gasteiger partial charge in [-0.2, -0.15) is 0 Å². The summed E-state index contributed by atoms with van der Waals surface area (Å²) in [4.78, 5) is 0. The van der Waals surface area contributed by atoms with Crippen LogP contribution in [0.5, 0.6) is 23.0 Å². The number of ether oxygens (including phenoxy) is 1. The lowest BCUT2D eigenvalue weighted by atomic mass is 10.3. The zero-order chi connectivity index (χ0) is 11.5. The smallest absolute Gasteiger partial charge is 0.183 e. The van der Waals surface area contributed by atoms with Crippen molar-refractivity contribution in [2.45, 2.75) is 0 Å². The van der Waals surface area contributed by atoms with Gasteiger partial charge in [-0.15, -0.1) is 0 Å². The number of phenols is 2. The van der Waals surface area contributed by atoms with Gasteiger partial charge in [0.15, 0.2) is 23.0 Å². The van der Waals surface area contributed by atoms with Crippen molar-refractivity contribution in [3.05, 3.63) is 46.9 Å². The van der Waals surface area contributed by atoms with E-state index >= 15 is 0 Å². The maximum atomic E-state index is 9.61. The summed E-state index contributed by atoms with van der Waals surface area (Å²) in [6.07, 6.45) is 0. The summed E-state index contributed by atoms with van der Waals surface area (Å²) >= 11 is 3.26. The van der Waals surface area contributed by atoms with E-state index in [-0.39, 0.29) is 17.2 Å². The minimum absolute atomic E-state index is 0.0117. The molecule has 0 saturated carbocycles. The van der Waals surface area contributed by atoms with Crippen molar-refractivity contribution in [2.24, 2.45) is 0 Å². The van der Waals surface area contributed by atoms with Crippen molar-refractivity contribution < 1.29 is 14.9 Å². The molecule has 0 aliphatic carbocycles. The Morgan fingerprint density at radius 1 is 0.875 bits per heavy atom. The van der Waals surface area contributed by atoms with E-state index < -0.39 is 0 Å². The van der Waals surface area contributed by atoms with Gasteiger partial charge in [-0.25, -0.2) is 0 Å². The standard InChI is InChI=1S/C12H9BrO3/c13-8-4-3-6-10(15)12(8)16-11-7-2-1-5-9(11)14/h1-7,14-15H. The Balaban J connectivity index is 2.38. The molecule has 0 unspecified atom stereocenters. The highest BCUT2D eigenvalue weighted by Gasteiger charge is 2.10. The third kappa shape index (κ3) is 2.12.